The monoisotopic (exact) mass is 361 g/mol. The van der Waals surface area contributed by atoms with Crippen molar-refractivity contribution in [3.8, 4) is 5.75 Å². The summed E-state index contributed by atoms with van der Waals surface area (Å²) < 4.78 is 11.8. The van der Waals surface area contributed by atoms with Crippen LogP contribution in [0.25, 0.3) is 10.8 Å². The van der Waals surface area contributed by atoms with E-state index in [1.165, 1.54) is 0 Å². The number of carbonyl (C=O) groups excluding carboxylic acids is 1. The number of rotatable bonds is 5. The molecule has 138 valence electrons. The molecule has 4 rings (SSSR count). The van der Waals surface area contributed by atoms with E-state index in [1.807, 2.05) is 66.7 Å². The molecular formula is C23H23NO3. The molecule has 1 fully saturated rings. The minimum Gasteiger partial charge on any atom is -0.490 e. The van der Waals surface area contributed by atoms with Crippen molar-refractivity contribution in [2.75, 3.05) is 13.1 Å². The Balaban J connectivity index is 1.57. The van der Waals surface area contributed by atoms with Gasteiger partial charge in [0.25, 0.3) is 0 Å². The smallest absolute Gasteiger partial charge is 0.338 e. The van der Waals surface area contributed by atoms with Gasteiger partial charge in [0.1, 0.15) is 18.5 Å². The molecular weight excluding hydrogens is 338 g/mol. The highest BCUT2D eigenvalue weighted by molar-refractivity contribution is 5.98. The lowest BCUT2D eigenvalue weighted by molar-refractivity contribution is 0.0472. The fourth-order valence-corrected chi connectivity index (χ4v) is 3.39. The molecule has 0 spiro atoms. The summed E-state index contributed by atoms with van der Waals surface area (Å²) in [6, 6.07) is 21.4. The lowest BCUT2D eigenvalue weighted by Crippen LogP contribution is -2.34. The van der Waals surface area contributed by atoms with Gasteiger partial charge in [-0.1, -0.05) is 54.6 Å². The van der Waals surface area contributed by atoms with Crippen molar-refractivity contribution in [3.63, 3.8) is 0 Å². The third kappa shape index (κ3) is 4.29. The van der Waals surface area contributed by atoms with E-state index in [4.69, 9.17) is 9.47 Å². The van der Waals surface area contributed by atoms with Gasteiger partial charge in [-0.3, -0.25) is 0 Å². The fraction of sp³-hybridized carbons (Fsp3) is 0.261. The Morgan fingerprint density at radius 2 is 1.70 bits per heavy atom. The Kier molecular flexibility index (Phi) is 5.35. The second kappa shape index (κ2) is 8.23. The third-order valence-electron chi connectivity index (χ3n) is 4.85. The standard InChI is InChI=1S/C23H23NO3/c25-23(26-16-17-6-2-1-3-7-17)19-14-18-8-4-5-9-21(18)22(15-19)27-20-10-12-24-13-11-20/h1-9,14-15,20,24H,10-13,16H2. The minimum atomic E-state index is -0.334. The molecule has 0 aromatic heterocycles. The molecule has 0 saturated carbocycles. The molecule has 1 N–H and O–H groups in total. The first-order chi connectivity index (χ1) is 13.3. The number of fused-ring (bicyclic) bond motifs is 1. The number of ether oxygens (including phenoxy) is 2. The van der Waals surface area contributed by atoms with E-state index in [9.17, 15) is 4.79 Å². The second-order valence-electron chi connectivity index (χ2n) is 6.82. The van der Waals surface area contributed by atoms with Crippen LogP contribution in [0.2, 0.25) is 0 Å². The van der Waals surface area contributed by atoms with Crippen LogP contribution in [-0.4, -0.2) is 25.2 Å². The van der Waals surface area contributed by atoms with Gasteiger partial charge in [-0.25, -0.2) is 4.79 Å². The van der Waals surface area contributed by atoms with Crippen LogP contribution >= 0.6 is 0 Å². The Morgan fingerprint density at radius 1 is 0.963 bits per heavy atom. The number of hydrogen-bond donors (Lipinski definition) is 1. The molecule has 0 aliphatic carbocycles. The highest BCUT2D eigenvalue weighted by atomic mass is 16.5. The molecule has 0 atom stereocenters. The molecule has 4 nitrogen and oxygen atoms in total. The summed E-state index contributed by atoms with van der Waals surface area (Å²) in [7, 11) is 0. The van der Waals surface area contributed by atoms with Gasteiger partial charge >= 0.3 is 5.97 Å². The number of esters is 1. The maximum absolute atomic E-state index is 12.6. The van der Waals surface area contributed by atoms with E-state index in [-0.39, 0.29) is 18.7 Å². The zero-order valence-electron chi connectivity index (χ0n) is 15.2. The molecule has 0 radical (unpaired) electrons. The van der Waals surface area contributed by atoms with Crippen molar-refractivity contribution in [1.82, 2.24) is 5.32 Å². The van der Waals surface area contributed by atoms with Gasteiger partial charge in [0.05, 0.1) is 5.56 Å². The molecule has 3 aromatic carbocycles. The summed E-state index contributed by atoms with van der Waals surface area (Å²) in [4.78, 5) is 12.6. The maximum atomic E-state index is 12.6. The van der Waals surface area contributed by atoms with E-state index < -0.39 is 0 Å². The van der Waals surface area contributed by atoms with Crippen molar-refractivity contribution >= 4 is 16.7 Å². The molecule has 3 aromatic rings. The summed E-state index contributed by atoms with van der Waals surface area (Å²) in [5.41, 5.74) is 1.49. The molecule has 0 amide bonds. The molecule has 27 heavy (non-hydrogen) atoms. The predicted molar refractivity (Wildman–Crippen MR) is 106 cm³/mol. The van der Waals surface area contributed by atoms with Gasteiger partial charge in [0, 0.05) is 5.39 Å². The second-order valence-corrected chi connectivity index (χ2v) is 6.82. The fourth-order valence-electron chi connectivity index (χ4n) is 3.39. The molecule has 1 aliphatic rings. The summed E-state index contributed by atoms with van der Waals surface area (Å²) in [6.07, 6.45) is 2.11. The SMILES string of the molecule is O=C(OCc1ccccc1)c1cc(OC2CCNCC2)c2ccccc2c1. The van der Waals surface area contributed by atoms with Crippen LogP contribution in [0.1, 0.15) is 28.8 Å². The van der Waals surface area contributed by atoms with Gasteiger partial charge in [-0.15, -0.1) is 0 Å². The number of benzene rings is 3. The average Bonchev–Trinajstić information content (AvgIpc) is 2.73. The summed E-state index contributed by atoms with van der Waals surface area (Å²) >= 11 is 0. The first kappa shape index (κ1) is 17.6. The highest BCUT2D eigenvalue weighted by Crippen LogP contribution is 2.30. The Hall–Kier alpha value is -2.85. The van der Waals surface area contributed by atoms with Gasteiger partial charge < -0.3 is 14.8 Å². The molecule has 0 unspecified atom stereocenters. The van der Waals surface area contributed by atoms with Crippen LogP contribution in [0.3, 0.4) is 0 Å². The predicted octanol–water partition coefficient (Wildman–Crippen LogP) is 4.33. The van der Waals surface area contributed by atoms with E-state index >= 15 is 0 Å². The van der Waals surface area contributed by atoms with Crippen molar-refractivity contribution in [1.29, 1.82) is 0 Å². The average molecular weight is 361 g/mol. The van der Waals surface area contributed by atoms with Crippen molar-refractivity contribution < 1.29 is 14.3 Å². The summed E-state index contributed by atoms with van der Waals surface area (Å²) in [6.45, 7) is 2.18. The van der Waals surface area contributed by atoms with E-state index in [0.717, 1.165) is 48.0 Å². The van der Waals surface area contributed by atoms with E-state index in [2.05, 4.69) is 5.32 Å². The van der Waals surface area contributed by atoms with E-state index in [1.54, 1.807) is 0 Å². The van der Waals surface area contributed by atoms with Gasteiger partial charge in [0.15, 0.2) is 0 Å². The molecule has 1 saturated heterocycles. The number of nitrogens with one attached hydrogen (secondary N) is 1. The molecule has 1 heterocycles. The number of piperidine rings is 1. The van der Waals surface area contributed by atoms with Gasteiger partial charge in [-0.05, 0) is 49.0 Å². The first-order valence-corrected chi connectivity index (χ1v) is 9.41. The zero-order valence-corrected chi connectivity index (χ0v) is 15.2. The Morgan fingerprint density at radius 3 is 2.52 bits per heavy atom. The maximum Gasteiger partial charge on any atom is 0.338 e. The van der Waals surface area contributed by atoms with Crippen LogP contribution in [0.4, 0.5) is 0 Å². The third-order valence-corrected chi connectivity index (χ3v) is 4.85. The molecule has 1 aliphatic heterocycles. The van der Waals surface area contributed by atoms with Crippen molar-refractivity contribution in [3.05, 3.63) is 77.9 Å². The van der Waals surface area contributed by atoms with Crippen molar-refractivity contribution in [2.24, 2.45) is 0 Å². The van der Waals surface area contributed by atoms with Crippen LogP contribution in [0.15, 0.2) is 66.7 Å². The van der Waals surface area contributed by atoms with E-state index in [0.29, 0.717) is 5.56 Å². The summed E-state index contributed by atoms with van der Waals surface area (Å²) in [5, 5.41) is 5.35. The first-order valence-electron chi connectivity index (χ1n) is 9.41. The Bertz CT molecular complexity index is 917. The highest BCUT2D eigenvalue weighted by Gasteiger charge is 2.18. The van der Waals surface area contributed by atoms with Gasteiger partial charge in [-0.2, -0.15) is 0 Å². The number of carbonyl (C=O) groups is 1. The number of hydrogen-bond acceptors (Lipinski definition) is 4. The normalized spacial score (nSPS) is 14.8. The lowest BCUT2D eigenvalue weighted by Gasteiger charge is -2.24. The molecule has 0 bridgehead atoms. The van der Waals surface area contributed by atoms with Gasteiger partial charge in [0.2, 0.25) is 0 Å². The van der Waals surface area contributed by atoms with Crippen LogP contribution in [0, 0.1) is 0 Å². The quantitative estimate of drug-likeness (QED) is 0.687. The topological polar surface area (TPSA) is 47.6 Å². The lowest BCUT2D eigenvalue weighted by atomic mass is 10.0. The largest absolute Gasteiger partial charge is 0.490 e. The van der Waals surface area contributed by atoms with Crippen LogP contribution in [-0.2, 0) is 11.3 Å². The molecule has 4 heteroatoms. The summed E-state index contributed by atoms with van der Waals surface area (Å²) in [5.74, 6) is 0.423. The Labute approximate surface area is 159 Å². The van der Waals surface area contributed by atoms with Crippen LogP contribution in [0.5, 0.6) is 5.75 Å². The minimum absolute atomic E-state index is 0.172. The zero-order chi connectivity index (χ0) is 18.5. The van der Waals surface area contributed by atoms with Crippen LogP contribution < -0.4 is 10.1 Å². The van der Waals surface area contributed by atoms with Crippen molar-refractivity contribution in [2.45, 2.75) is 25.6 Å².